The Labute approximate surface area is 150 Å². The molecule has 1 N–H and O–H groups in total. The van der Waals surface area contributed by atoms with Crippen LogP contribution in [0.2, 0.25) is 0 Å². The highest BCUT2D eigenvalue weighted by Crippen LogP contribution is 2.27. The molecule has 1 aromatic heterocycles. The Kier molecular flexibility index (Phi) is 6.48. The second-order valence-corrected chi connectivity index (χ2v) is 7.24. The molecule has 1 aliphatic carbocycles. The van der Waals surface area contributed by atoms with Crippen molar-refractivity contribution in [2.24, 2.45) is 0 Å². The highest BCUT2D eigenvalue weighted by Gasteiger charge is 2.31. The standard InChI is InChI=1S/C19H32N4O2/c1-3-10-23-17-8-7-15(20-9-13-25-2)14-16(17)18(21-23)19(24)22-11-5-4-6-12-22/h15,20H,3-14H2,1-2H3. The number of ether oxygens (including phenoxy) is 1. The van der Waals surface area contributed by atoms with Gasteiger partial charge in [-0.2, -0.15) is 5.10 Å². The fourth-order valence-corrected chi connectivity index (χ4v) is 4.04. The number of methoxy groups -OCH3 is 1. The summed E-state index contributed by atoms with van der Waals surface area (Å²) in [5.41, 5.74) is 3.18. The first kappa shape index (κ1) is 18.4. The molecule has 0 bridgehead atoms. The van der Waals surface area contributed by atoms with Crippen molar-refractivity contribution in [3.05, 3.63) is 17.0 Å². The lowest BCUT2D eigenvalue weighted by molar-refractivity contribution is 0.0716. The fourth-order valence-electron chi connectivity index (χ4n) is 4.04. The van der Waals surface area contributed by atoms with Crippen LogP contribution in [0, 0.1) is 0 Å². The smallest absolute Gasteiger partial charge is 0.274 e. The van der Waals surface area contributed by atoms with Gasteiger partial charge in [-0.05, 0) is 44.9 Å². The van der Waals surface area contributed by atoms with Crippen LogP contribution in [-0.2, 0) is 24.1 Å². The van der Waals surface area contributed by atoms with E-state index in [2.05, 4.69) is 16.9 Å². The van der Waals surface area contributed by atoms with Crippen molar-refractivity contribution in [2.75, 3.05) is 33.4 Å². The third kappa shape index (κ3) is 4.23. The van der Waals surface area contributed by atoms with Crippen LogP contribution in [0.4, 0.5) is 0 Å². The van der Waals surface area contributed by atoms with Crippen molar-refractivity contribution in [1.29, 1.82) is 0 Å². The molecule has 2 heterocycles. The van der Waals surface area contributed by atoms with E-state index >= 15 is 0 Å². The molecule has 140 valence electrons. The van der Waals surface area contributed by atoms with Crippen LogP contribution in [0.15, 0.2) is 0 Å². The molecule has 0 saturated carbocycles. The molecule has 0 spiro atoms. The average Bonchev–Trinajstić information content (AvgIpc) is 3.00. The van der Waals surface area contributed by atoms with Gasteiger partial charge in [-0.3, -0.25) is 9.48 Å². The number of nitrogens with zero attached hydrogens (tertiary/aromatic N) is 3. The van der Waals surface area contributed by atoms with Crippen molar-refractivity contribution in [3.8, 4) is 0 Å². The summed E-state index contributed by atoms with van der Waals surface area (Å²) in [4.78, 5) is 15.1. The van der Waals surface area contributed by atoms with E-state index in [1.807, 2.05) is 4.90 Å². The molecule has 1 aliphatic heterocycles. The molecule has 1 atom stereocenters. The molecule has 0 radical (unpaired) electrons. The molecule has 1 saturated heterocycles. The quantitative estimate of drug-likeness (QED) is 0.766. The van der Waals surface area contributed by atoms with E-state index < -0.39 is 0 Å². The molecule has 1 unspecified atom stereocenters. The highest BCUT2D eigenvalue weighted by atomic mass is 16.5. The molecule has 1 amide bonds. The topological polar surface area (TPSA) is 59.4 Å². The molecule has 2 aliphatic rings. The number of carbonyl (C=O) groups excluding carboxylic acids is 1. The minimum absolute atomic E-state index is 0.142. The predicted molar refractivity (Wildman–Crippen MR) is 98.0 cm³/mol. The van der Waals surface area contributed by atoms with E-state index in [9.17, 15) is 4.79 Å². The van der Waals surface area contributed by atoms with Crippen LogP contribution in [0.25, 0.3) is 0 Å². The van der Waals surface area contributed by atoms with Crippen LogP contribution in [0.3, 0.4) is 0 Å². The number of aromatic nitrogens is 2. The maximum absolute atomic E-state index is 13.1. The number of nitrogens with one attached hydrogen (secondary N) is 1. The van der Waals surface area contributed by atoms with E-state index in [4.69, 9.17) is 9.84 Å². The van der Waals surface area contributed by atoms with E-state index in [-0.39, 0.29) is 5.91 Å². The molecular weight excluding hydrogens is 316 g/mol. The van der Waals surface area contributed by atoms with Crippen LogP contribution < -0.4 is 5.32 Å². The first-order valence-electron chi connectivity index (χ1n) is 9.84. The van der Waals surface area contributed by atoms with Crippen LogP contribution in [0.5, 0.6) is 0 Å². The van der Waals surface area contributed by atoms with Gasteiger partial charge in [0.1, 0.15) is 0 Å². The van der Waals surface area contributed by atoms with Crippen LogP contribution in [-0.4, -0.2) is 60.0 Å². The van der Waals surface area contributed by atoms with Gasteiger partial charge in [-0.15, -0.1) is 0 Å². The number of carbonyl (C=O) groups is 1. The van der Waals surface area contributed by atoms with Gasteiger partial charge in [-0.25, -0.2) is 0 Å². The summed E-state index contributed by atoms with van der Waals surface area (Å²) in [5, 5.41) is 8.32. The lowest BCUT2D eigenvalue weighted by Gasteiger charge is -2.27. The average molecular weight is 348 g/mol. The van der Waals surface area contributed by atoms with Gasteiger partial charge in [0, 0.05) is 50.6 Å². The molecule has 3 rings (SSSR count). The van der Waals surface area contributed by atoms with Gasteiger partial charge >= 0.3 is 0 Å². The Bertz CT molecular complexity index is 578. The van der Waals surface area contributed by atoms with Crippen molar-refractivity contribution in [2.45, 2.75) is 64.5 Å². The van der Waals surface area contributed by atoms with Crippen molar-refractivity contribution < 1.29 is 9.53 Å². The summed E-state index contributed by atoms with van der Waals surface area (Å²) in [6, 6.07) is 0.412. The van der Waals surface area contributed by atoms with Gasteiger partial charge in [0.25, 0.3) is 5.91 Å². The number of aryl methyl sites for hydroxylation is 1. The van der Waals surface area contributed by atoms with Gasteiger partial charge in [-0.1, -0.05) is 6.92 Å². The number of rotatable bonds is 7. The molecule has 1 fully saturated rings. The van der Waals surface area contributed by atoms with Gasteiger partial charge in [0.05, 0.1) is 6.61 Å². The highest BCUT2D eigenvalue weighted by molar-refractivity contribution is 5.94. The number of hydrogen-bond donors (Lipinski definition) is 1. The second-order valence-electron chi connectivity index (χ2n) is 7.24. The third-order valence-electron chi connectivity index (χ3n) is 5.37. The summed E-state index contributed by atoms with van der Waals surface area (Å²) in [6.07, 6.45) is 7.51. The van der Waals surface area contributed by atoms with Crippen molar-refractivity contribution in [3.63, 3.8) is 0 Å². The predicted octanol–water partition coefficient (Wildman–Crippen LogP) is 2.01. The number of amides is 1. The number of likely N-dealkylation sites (tertiary alicyclic amines) is 1. The summed E-state index contributed by atoms with van der Waals surface area (Å²) in [7, 11) is 1.73. The summed E-state index contributed by atoms with van der Waals surface area (Å²) in [5.74, 6) is 0.142. The SMILES string of the molecule is CCCn1nc(C(=O)N2CCCCC2)c2c1CCC(NCCOC)C2. The van der Waals surface area contributed by atoms with Crippen LogP contribution in [0.1, 0.15) is 60.8 Å². The van der Waals surface area contributed by atoms with Crippen LogP contribution >= 0.6 is 0 Å². The minimum Gasteiger partial charge on any atom is -0.383 e. The normalized spacial score (nSPS) is 20.6. The molecule has 1 aromatic rings. The lowest BCUT2D eigenvalue weighted by atomic mass is 9.91. The Morgan fingerprint density at radius 3 is 2.84 bits per heavy atom. The number of fused-ring (bicyclic) bond motifs is 1. The van der Waals surface area contributed by atoms with E-state index in [1.165, 1.54) is 17.7 Å². The monoisotopic (exact) mass is 348 g/mol. The maximum Gasteiger partial charge on any atom is 0.274 e. The van der Waals surface area contributed by atoms with Crippen molar-refractivity contribution in [1.82, 2.24) is 20.0 Å². The van der Waals surface area contributed by atoms with E-state index in [0.29, 0.717) is 11.7 Å². The summed E-state index contributed by atoms with van der Waals surface area (Å²) in [6.45, 7) is 6.40. The molecule has 6 heteroatoms. The fraction of sp³-hybridized carbons (Fsp3) is 0.789. The molecular formula is C19H32N4O2. The van der Waals surface area contributed by atoms with E-state index in [1.54, 1.807) is 7.11 Å². The number of hydrogen-bond acceptors (Lipinski definition) is 4. The second kappa shape index (κ2) is 8.81. The lowest BCUT2D eigenvalue weighted by Crippen LogP contribution is -2.39. The first-order chi connectivity index (χ1) is 12.2. The Hall–Kier alpha value is -1.40. The zero-order valence-electron chi connectivity index (χ0n) is 15.7. The largest absolute Gasteiger partial charge is 0.383 e. The Morgan fingerprint density at radius 1 is 1.32 bits per heavy atom. The van der Waals surface area contributed by atoms with Crippen molar-refractivity contribution >= 4 is 5.91 Å². The molecule has 0 aromatic carbocycles. The summed E-state index contributed by atoms with van der Waals surface area (Å²) < 4.78 is 7.24. The van der Waals surface area contributed by atoms with E-state index in [0.717, 1.165) is 71.3 Å². The molecule has 6 nitrogen and oxygen atoms in total. The first-order valence-corrected chi connectivity index (χ1v) is 9.84. The Morgan fingerprint density at radius 2 is 2.12 bits per heavy atom. The number of piperidine rings is 1. The Balaban J connectivity index is 1.79. The zero-order chi connectivity index (χ0) is 17.6. The maximum atomic E-state index is 13.1. The minimum atomic E-state index is 0.142. The van der Waals surface area contributed by atoms with Gasteiger partial charge in [0.2, 0.25) is 0 Å². The van der Waals surface area contributed by atoms with Gasteiger partial charge in [0.15, 0.2) is 5.69 Å². The third-order valence-corrected chi connectivity index (χ3v) is 5.37. The zero-order valence-corrected chi connectivity index (χ0v) is 15.7. The molecule has 25 heavy (non-hydrogen) atoms. The van der Waals surface area contributed by atoms with Gasteiger partial charge < -0.3 is 15.0 Å². The summed E-state index contributed by atoms with van der Waals surface area (Å²) >= 11 is 0.